The highest BCUT2D eigenvalue weighted by atomic mass is 19.1. The van der Waals surface area contributed by atoms with Crippen LogP contribution in [0.4, 0.5) is 4.39 Å². The fourth-order valence-electron chi connectivity index (χ4n) is 2.29. The Kier molecular flexibility index (Phi) is 2.75. The van der Waals surface area contributed by atoms with Gasteiger partial charge in [0.25, 0.3) is 0 Å². The molecule has 2 aromatic carbocycles. The number of carbonyl (C=O) groups is 1. The largest absolute Gasteiger partial charge is 0.478 e. The highest BCUT2D eigenvalue weighted by Crippen LogP contribution is 2.23. The first-order chi connectivity index (χ1) is 9.56. The average Bonchev–Trinajstić information content (AvgIpc) is 2.80. The van der Waals surface area contributed by atoms with Crippen LogP contribution in [0.1, 0.15) is 15.9 Å². The van der Waals surface area contributed by atoms with E-state index in [4.69, 9.17) is 0 Å². The zero-order valence-electron chi connectivity index (χ0n) is 10.7. The van der Waals surface area contributed by atoms with Crippen molar-refractivity contribution in [2.45, 2.75) is 6.92 Å². The van der Waals surface area contributed by atoms with Crippen LogP contribution in [0.2, 0.25) is 0 Å². The van der Waals surface area contributed by atoms with Gasteiger partial charge in [-0.2, -0.15) is 0 Å². The van der Waals surface area contributed by atoms with Gasteiger partial charge in [-0.05, 0) is 42.8 Å². The van der Waals surface area contributed by atoms with Gasteiger partial charge in [0.15, 0.2) is 0 Å². The number of benzene rings is 2. The van der Waals surface area contributed by atoms with Crippen molar-refractivity contribution < 1.29 is 14.3 Å². The van der Waals surface area contributed by atoms with Crippen LogP contribution in [-0.2, 0) is 0 Å². The normalized spacial score (nSPS) is 10.9. The van der Waals surface area contributed by atoms with E-state index in [0.717, 1.165) is 5.56 Å². The summed E-state index contributed by atoms with van der Waals surface area (Å²) >= 11 is 0. The Morgan fingerprint density at radius 1 is 1.30 bits per heavy atom. The van der Waals surface area contributed by atoms with Gasteiger partial charge in [0.2, 0.25) is 0 Å². The zero-order valence-corrected chi connectivity index (χ0v) is 10.7. The molecule has 0 aliphatic carbocycles. The predicted octanol–water partition coefficient (Wildman–Crippen LogP) is 3.17. The molecule has 0 radical (unpaired) electrons. The summed E-state index contributed by atoms with van der Waals surface area (Å²) in [5.74, 6) is -1.40. The fraction of sp³-hybridized carbons (Fsp3) is 0.0667. The van der Waals surface area contributed by atoms with Crippen LogP contribution in [0.25, 0.3) is 16.7 Å². The van der Waals surface area contributed by atoms with Crippen LogP contribution in [-0.4, -0.2) is 20.6 Å². The van der Waals surface area contributed by atoms with E-state index in [2.05, 4.69) is 4.98 Å². The molecule has 0 aliphatic heterocycles. The molecular weight excluding hydrogens is 259 g/mol. The highest BCUT2D eigenvalue weighted by molar-refractivity contribution is 6.01. The van der Waals surface area contributed by atoms with Gasteiger partial charge in [0, 0.05) is 0 Å². The molecule has 0 atom stereocenters. The summed E-state index contributed by atoms with van der Waals surface area (Å²) in [6.45, 7) is 1.78. The topological polar surface area (TPSA) is 55.1 Å². The SMILES string of the molecule is Cc1cc(F)cc(-n2cnc3cccc(C(=O)O)c32)c1. The lowest BCUT2D eigenvalue weighted by atomic mass is 10.1. The number of hydrogen-bond donors (Lipinski definition) is 1. The van der Waals surface area contributed by atoms with E-state index in [0.29, 0.717) is 16.7 Å². The highest BCUT2D eigenvalue weighted by Gasteiger charge is 2.14. The first-order valence-electron chi connectivity index (χ1n) is 6.03. The van der Waals surface area contributed by atoms with Crippen molar-refractivity contribution in [2.75, 3.05) is 0 Å². The van der Waals surface area contributed by atoms with Gasteiger partial charge in [-0.15, -0.1) is 0 Å². The number of aromatic carboxylic acids is 1. The minimum atomic E-state index is -1.04. The van der Waals surface area contributed by atoms with E-state index in [9.17, 15) is 14.3 Å². The molecule has 0 fully saturated rings. The Morgan fingerprint density at radius 2 is 2.10 bits per heavy atom. The number of imidazole rings is 1. The second-order valence-corrected chi connectivity index (χ2v) is 4.58. The van der Waals surface area contributed by atoms with Gasteiger partial charge < -0.3 is 5.11 Å². The van der Waals surface area contributed by atoms with E-state index in [-0.39, 0.29) is 11.4 Å². The van der Waals surface area contributed by atoms with Crippen LogP contribution in [0.5, 0.6) is 0 Å². The lowest BCUT2D eigenvalue weighted by molar-refractivity contribution is 0.0698. The fourth-order valence-corrected chi connectivity index (χ4v) is 2.29. The number of carboxylic acid groups (broad SMARTS) is 1. The molecule has 5 heteroatoms. The minimum Gasteiger partial charge on any atom is -0.478 e. The summed E-state index contributed by atoms with van der Waals surface area (Å²) in [6.07, 6.45) is 1.51. The summed E-state index contributed by atoms with van der Waals surface area (Å²) in [7, 11) is 0. The van der Waals surface area contributed by atoms with E-state index in [1.54, 1.807) is 29.7 Å². The number of rotatable bonds is 2. The summed E-state index contributed by atoms with van der Waals surface area (Å²) in [5.41, 5.74) is 2.48. The lowest BCUT2D eigenvalue weighted by Gasteiger charge is -2.07. The molecule has 1 N–H and O–H groups in total. The first kappa shape index (κ1) is 12.3. The second kappa shape index (κ2) is 4.45. The standard InChI is InChI=1S/C15H11FN2O2/c1-9-5-10(16)7-11(6-9)18-8-17-13-4-2-3-12(14(13)18)15(19)20/h2-8H,1H3,(H,19,20). The molecule has 20 heavy (non-hydrogen) atoms. The molecule has 0 bridgehead atoms. The van der Waals surface area contributed by atoms with E-state index >= 15 is 0 Å². The number of hydrogen-bond acceptors (Lipinski definition) is 2. The molecule has 0 amide bonds. The van der Waals surface area contributed by atoms with Gasteiger partial charge >= 0.3 is 5.97 Å². The van der Waals surface area contributed by atoms with Crippen molar-refractivity contribution in [2.24, 2.45) is 0 Å². The van der Waals surface area contributed by atoms with Crippen molar-refractivity contribution in [3.05, 3.63) is 59.7 Å². The van der Waals surface area contributed by atoms with E-state index < -0.39 is 5.97 Å². The van der Waals surface area contributed by atoms with E-state index in [1.807, 2.05) is 0 Å². The quantitative estimate of drug-likeness (QED) is 0.778. The summed E-state index contributed by atoms with van der Waals surface area (Å²) in [5, 5.41) is 9.27. The number of aromatic nitrogens is 2. The van der Waals surface area contributed by atoms with Crippen LogP contribution in [0.15, 0.2) is 42.7 Å². The number of carboxylic acids is 1. The maximum atomic E-state index is 13.5. The smallest absolute Gasteiger partial charge is 0.337 e. The Morgan fingerprint density at radius 3 is 2.80 bits per heavy atom. The molecule has 0 spiro atoms. The molecule has 3 rings (SSSR count). The van der Waals surface area contributed by atoms with Crippen molar-refractivity contribution in [1.82, 2.24) is 9.55 Å². The molecule has 4 nitrogen and oxygen atoms in total. The van der Waals surface area contributed by atoms with Crippen LogP contribution in [0, 0.1) is 12.7 Å². The van der Waals surface area contributed by atoms with Crippen LogP contribution >= 0.6 is 0 Å². The molecular formula is C15H11FN2O2. The molecule has 0 unspecified atom stereocenters. The van der Waals surface area contributed by atoms with Crippen molar-refractivity contribution in [1.29, 1.82) is 0 Å². The lowest BCUT2D eigenvalue weighted by Crippen LogP contribution is -2.02. The monoisotopic (exact) mass is 270 g/mol. The second-order valence-electron chi connectivity index (χ2n) is 4.58. The number of nitrogens with zero attached hydrogens (tertiary/aromatic N) is 2. The van der Waals surface area contributed by atoms with Gasteiger partial charge in [0.05, 0.1) is 22.3 Å². The Hall–Kier alpha value is -2.69. The minimum absolute atomic E-state index is 0.141. The third-order valence-electron chi connectivity index (χ3n) is 3.10. The van der Waals surface area contributed by atoms with Gasteiger partial charge in [-0.1, -0.05) is 6.07 Å². The molecule has 3 aromatic rings. The maximum Gasteiger partial charge on any atom is 0.337 e. The number of aryl methyl sites for hydroxylation is 1. The van der Waals surface area contributed by atoms with E-state index in [1.165, 1.54) is 24.5 Å². The summed E-state index contributed by atoms with van der Waals surface area (Å²) in [4.78, 5) is 15.5. The molecule has 0 aliphatic rings. The van der Waals surface area contributed by atoms with Gasteiger partial charge in [-0.3, -0.25) is 4.57 Å². The zero-order chi connectivity index (χ0) is 14.3. The van der Waals surface area contributed by atoms with Crippen molar-refractivity contribution >= 4 is 17.0 Å². The van der Waals surface area contributed by atoms with Crippen LogP contribution in [0.3, 0.4) is 0 Å². The average molecular weight is 270 g/mol. The van der Waals surface area contributed by atoms with Gasteiger partial charge in [0.1, 0.15) is 12.1 Å². The number of para-hydroxylation sites is 1. The molecule has 1 aromatic heterocycles. The number of halogens is 1. The molecule has 100 valence electrons. The Balaban J connectivity index is 2.34. The summed E-state index contributed by atoms with van der Waals surface area (Å²) in [6, 6.07) is 9.43. The maximum absolute atomic E-state index is 13.5. The van der Waals surface area contributed by atoms with Crippen LogP contribution < -0.4 is 0 Å². The molecule has 0 saturated carbocycles. The number of fused-ring (bicyclic) bond motifs is 1. The third kappa shape index (κ3) is 1.93. The Bertz CT molecular complexity index is 804. The third-order valence-corrected chi connectivity index (χ3v) is 3.10. The van der Waals surface area contributed by atoms with Crippen molar-refractivity contribution in [3.8, 4) is 5.69 Å². The first-order valence-corrected chi connectivity index (χ1v) is 6.03. The van der Waals surface area contributed by atoms with Gasteiger partial charge in [-0.25, -0.2) is 14.2 Å². The molecule has 0 saturated heterocycles. The predicted molar refractivity (Wildman–Crippen MR) is 72.7 cm³/mol. The summed E-state index contributed by atoms with van der Waals surface area (Å²) < 4.78 is 15.1. The van der Waals surface area contributed by atoms with Crippen molar-refractivity contribution in [3.63, 3.8) is 0 Å². The Labute approximate surface area is 114 Å². The molecule has 1 heterocycles.